The van der Waals surface area contributed by atoms with Crippen LogP contribution in [0.2, 0.25) is 0 Å². The highest BCUT2D eigenvalue weighted by Crippen LogP contribution is 2.30. The SMILES string of the molecule is Cc1cc(Nc2ncnc3ccc(/C=C/CNC(=O)/C=C/CN4CCCCC4)nc23)ccc1Oc1ccc2c(c1)ncn2C. The van der Waals surface area contributed by atoms with Gasteiger partial charge in [-0.1, -0.05) is 18.6 Å². The van der Waals surface area contributed by atoms with Gasteiger partial charge in [0.15, 0.2) is 5.82 Å². The lowest BCUT2D eigenvalue weighted by molar-refractivity contribution is -0.116. The first-order valence-electron chi connectivity index (χ1n) is 14.9. The van der Waals surface area contributed by atoms with E-state index in [2.05, 4.69) is 30.5 Å². The minimum Gasteiger partial charge on any atom is -0.457 e. The molecule has 1 saturated heterocycles. The number of anilines is 2. The van der Waals surface area contributed by atoms with Gasteiger partial charge in [0.05, 0.1) is 28.6 Å². The lowest BCUT2D eigenvalue weighted by Crippen LogP contribution is -2.30. The number of piperidine rings is 1. The summed E-state index contributed by atoms with van der Waals surface area (Å²) in [5.41, 5.74) is 5.89. The average Bonchev–Trinajstić information content (AvgIpc) is 3.41. The Morgan fingerprint density at radius 1 is 0.977 bits per heavy atom. The molecule has 44 heavy (non-hydrogen) atoms. The number of nitrogens with zero attached hydrogens (tertiary/aromatic N) is 6. The third-order valence-corrected chi connectivity index (χ3v) is 7.63. The number of nitrogens with one attached hydrogen (secondary N) is 2. The van der Waals surface area contributed by atoms with E-state index in [1.54, 1.807) is 12.4 Å². The zero-order valence-corrected chi connectivity index (χ0v) is 25.0. The maximum Gasteiger partial charge on any atom is 0.243 e. The molecule has 0 saturated carbocycles. The molecule has 1 fully saturated rings. The van der Waals surface area contributed by atoms with Crippen LogP contribution in [0.15, 0.2) is 79.4 Å². The fourth-order valence-corrected chi connectivity index (χ4v) is 5.27. The summed E-state index contributed by atoms with van der Waals surface area (Å²) in [6.45, 7) is 5.46. The number of aromatic nitrogens is 5. The molecule has 10 heteroatoms. The molecule has 0 atom stereocenters. The van der Waals surface area contributed by atoms with Crippen LogP contribution in [0.5, 0.6) is 11.5 Å². The molecule has 5 aromatic rings. The van der Waals surface area contributed by atoms with Gasteiger partial charge < -0.3 is 19.9 Å². The van der Waals surface area contributed by atoms with E-state index in [0.29, 0.717) is 17.9 Å². The third-order valence-electron chi connectivity index (χ3n) is 7.63. The average molecular weight is 589 g/mol. The van der Waals surface area contributed by atoms with Crippen molar-refractivity contribution in [2.24, 2.45) is 7.05 Å². The van der Waals surface area contributed by atoms with Crippen LogP contribution in [-0.2, 0) is 11.8 Å². The lowest BCUT2D eigenvalue weighted by Gasteiger charge is -2.24. The fraction of sp³-hybridized carbons (Fsp3) is 0.265. The number of imidazole rings is 1. The first-order chi connectivity index (χ1) is 21.5. The van der Waals surface area contributed by atoms with Gasteiger partial charge in [-0.15, -0.1) is 0 Å². The number of hydrogen-bond donors (Lipinski definition) is 2. The van der Waals surface area contributed by atoms with Crippen LogP contribution in [0, 0.1) is 6.92 Å². The molecule has 224 valence electrons. The van der Waals surface area contributed by atoms with Gasteiger partial charge in [0.25, 0.3) is 0 Å². The van der Waals surface area contributed by atoms with Crippen molar-refractivity contribution in [3.8, 4) is 11.5 Å². The highest BCUT2D eigenvalue weighted by Gasteiger charge is 2.10. The monoisotopic (exact) mass is 588 g/mol. The molecule has 1 aliphatic rings. The molecule has 1 amide bonds. The summed E-state index contributed by atoms with van der Waals surface area (Å²) in [5.74, 6) is 1.99. The van der Waals surface area contributed by atoms with Crippen molar-refractivity contribution >= 4 is 45.6 Å². The van der Waals surface area contributed by atoms with Gasteiger partial charge >= 0.3 is 0 Å². The van der Waals surface area contributed by atoms with E-state index in [4.69, 9.17) is 9.72 Å². The number of hydrogen-bond acceptors (Lipinski definition) is 8. The standard InChI is InChI=1S/C34H36N8O2/c1-24-20-26(11-15-31(24)44-27-12-14-30-29(21-27)38-23-41(30)2)40-34-33-28(36-22-37-34)13-10-25(39-33)8-6-16-35-32(43)9-7-19-42-17-4-3-5-18-42/h6-15,20-23H,3-5,16-19H2,1-2H3,(H,35,43)(H,36,37,40)/b8-6+,9-7+. The summed E-state index contributed by atoms with van der Waals surface area (Å²) in [6.07, 6.45) is 14.4. The van der Waals surface area contributed by atoms with Gasteiger partial charge in [0.1, 0.15) is 23.3 Å². The number of pyridine rings is 1. The Labute approximate surface area is 256 Å². The molecule has 0 radical (unpaired) electrons. The number of carbonyl (C=O) groups excluding carboxylic acids is 1. The van der Waals surface area contributed by atoms with Crippen molar-refractivity contribution in [2.45, 2.75) is 26.2 Å². The predicted molar refractivity (Wildman–Crippen MR) is 174 cm³/mol. The summed E-state index contributed by atoms with van der Waals surface area (Å²) < 4.78 is 8.15. The van der Waals surface area contributed by atoms with Gasteiger partial charge in [-0.3, -0.25) is 9.69 Å². The first-order valence-corrected chi connectivity index (χ1v) is 14.9. The molecule has 2 aromatic carbocycles. The zero-order chi connectivity index (χ0) is 30.3. The van der Waals surface area contributed by atoms with Crippen molar-refractivity contribution in [3.05, 3.63) is 90.7 Å². The third kappa shape index (κ3) is 7.09. The van der Waals surface area contributed by atoms with Crippen molar-refractivity contribution in [1.82, 2.24) is 34.7 Å². The molecule has 4 heterocycles. The van der Waals surface area contributed by atoms with E-state index in [1.807, 2.05) is 85.3 Å². The van der Waals surface area contributed by atoms with E-state index in [0.717, 1.165) is 64.6 Å². The summed E-state index contributed by atoms with van der Waals surface area (Å²) >= 11 is 0. The summed E-state index contributed by atoms with van der Waals surface area (Å²) in [5, 5.41) is 6.28. The molecule has 6 rings (SSSR count). The van der Waals surface area contributed by atoms with E-state index >= 15 is 0 Å². The number of rotatable bonds is 10. The highest BCUT2D eigenvalue weighted by atomic mass is 16.5. The Morgan fingerprint density at radius 3 is 2.73 bits per heavy atom. The normalized spacial score (nSPS) is 14.1. The first kappa shape index (κ1) is 29.0. The summed E-state index contributed by atoms with van der Waals surface area (Å²) in [4.78, 5) is 32.6. The van der Waals surface area contributed by atoms with Crippen LogP contribution < -0.4 is 15.4 Å². The second kappa shape index (κ2) is 13.5. The molecule has 0 spiro atoms. The second-order valence-corrected chi connectivity index (χ2v) is 11.0. The van der Waals surface area contributed by atoms with Crippen molar-refractivity contribution in [2.75, 3.05) is 31.5 Å². The van der Waals surface area contributed by atoms with Gasteiger partial charge in [-0.25, -0.2) is 19.9 Å². The molecule has 10 nitrogen and oxygen atoms in total. The molecule has 2 N–H and O–H groups in total. The van der Waals surface area contributed by atoms with Crippen molar-refractivity contribution < 1.29 is 9.53 Å². The maximum atomic E-state index is 12.2. The van der Waals surface area contributed by atoms with Crippen LogP contribution in [0.1, 0.15) is 30.5 Å². The van der Waals surface area contributed by atoms with Crippen LogP contribution in [-0.4, -0.2) is 61.5 Å². The van der Waals surface area contributed by atoms with E-state index in [-0.39, 0.29) is 5.91 Å². The van der Waals surface area contributed by atoms with Crippen LogP contribution in [0.4, 0.5) is 11.5 Å². The Balaban J connectivity index is 1.08. The molecular weight excluding hydrogens is 552 g/mol. The molecule has 3 aromatic heterocycles. The maximum absolute atomic E-state index is 12.2. The minimum absolute atomic E-state index is 0.0981. The number of amides is 1. The second-order valence-electron chi connectivity index (χ2n) is 11.0. The van der Waals surface area contributed by atoms with E-state index in [9.17, 15) is 4.79 Å². The van der Waals surface area contributed by atoms with Gasteiger partial charge in [-0.2, -0.15) is 0 Å². The smallest absolute Gasteiger partial charge is 0.243 e. The quantitative estimate of drug-likeness (QED) is 0.193. The summed E-state index contributed by atoms with van der Waals surface area (Å²) in [6, 6.07) is 15.6. The van der Waals surface area contributed by atoms with Crippen molar-refractivity contribution in [3.63, 3.8) is 0 Å². The Kier molecular flexibility index (Phi) is 8.88. The van der Waals surface area contributed by atoms with Crippen molar-refractivity contribution in [1.29, 1.82) is 0 Å². The Bertz CT molecular complexity index is 1840. The number of benzene rings is 2. The van der Waals surface area contributed by atoms with Crippen LogP contribution >= 0.6 is 0 Å². The summed E-state index contributed by atoms with van der Waals surface area (Å²) in [7, 11) is 1.97. The minimum atomic E-state index is -0.0981. The van der Waals surface area contributed by atoms with Gasteiger partial charge in [-0.05, 0) is 87.0 Å². The topological polar surface area (TPSA) is 110 Å². The van der Waals surface area contributed by atoms with Gasteiger partial charge in [0.2, 0.25) is 5.91 Å². The van der Waals surface area contributed by atoms with Crippen LogP contribution in [0.3, 0.4) is 0 Å². The fourth-order valence-electron chi connectivity index (χ4n) is 5.27. The number of ether oxygens (including phenoxy) is 1. The van der Waals surface area contributed by atoms with Gasteiger partial charge in [0, 0.05) is 38.0 Å². The highest BCUT2D eigenvalue weighted by molar-refractivity contribution is 5.88. The predicted octanol–water partition coefficient (Wildman–Crippen LogP) is 5.93. The molecular formula is C34H36N8O2. The lowest BCUT2D eigenvalue weighted by atomic mass is 10.1. The largest absolute Gasteiger partial charge is 0.457 e. The van der Waals surface area contributed by atoms with E-state index < -0.39 is 0 Å². The number of fused-ring (bicyclic) bond motifs is 2. The number of likely N-dealkylation sites (tertiary alicyclic amines) is 1. The Hall–Kier alpha value is -5.09. The zero-order valence-electron chi connectivity index (χ0n) is 25.0. The molecule has 0 bridgehead atoms. The number of aryl methyl sites for hydroxylation is 2. The number of carbonyl (C=O) groups is 1. The molecule has 0 unspecified atom stereocenters. The Morgan fingerprint density at radius 2 is 1.86 bits per heavy atom. The van der Waals surface area contributed by atoms with E-state index in [1.165, 1.54) is 25.6 Å². The van der Waals surface area contributed by atoms with Crippen LogP contribution in [0.25, 0.3) is 28.1 Å². The molecule has 0 aliphatic carbocycles. The molecule has 1 aliphatic heterocycles.